The van der Waals surface area contributed by atoms with Gasteiger partial charge < -0.3 is 9.31 Å². The van der Waals surface area contributed by atoms with Crippen LogP contribution in [0.4, 0.5) is 0 Å². The molecular weight excluding hydrogens is 457 g/mol. The molecule has 0 aliphatic carbocycles. The van der Waals surface area contributed by atoms with Crippen LogP contribution < -0.4 is 5.72 Å². The van der Waals surface area contributed by atoms with E-state index in [1.165, 1.54) is 10.9 Å². The Morgan fingerprint density at radius 1 is 0.514 bits per heavy atom. The highest BCUT2D eigenvalue weighted by molar-refractivity contribution is 6.60. The van der Waals surface area contributed by atoms with E-state index in [0.717, 1.165) is 22.1 Å². The number of aromatic nitrogens is 3. The molecule has 5 nitrogen and oxygen atoms in total. The van der Waals surface area contributed by atoms with E-state index in [-0.39, 0.29) is 0 Å². The lowest BCUT2D eigenvalue weighted by atomic mass is 9.88. The molecule has 0 amide bonds. The van der Waals surface area contributed by atoms with Crippen molar-refractivity contribution in [1.29, 1.82) is 0 Å². The second-order valence-corrected chi connectivity index (χ2v) is 10.4. The summed E-state index contributed by atoms with van der Waals surface area (Å²) in [6.45, 7) is 8.12. The lowest BCUT2D eigenvalue weighted by molar-refractivity contribution is 0.00578. The van der Waals surface area contributed by atoms with E-state index in [2.05, 4.69) is 60.7 Å². The Hall–Kier alpha value is -3.87. The van der Waals surface area contributed by atoms with Crippen LogP contribution in [0, 0.1) is 0 Å². The molecule has 0 spiro atoms. The molecule has 6 rings (SSSR count). The first-order valence-electron chi connectivity index (χ1n) is 12.6. The van der Waals surface area contributed by atoms with Crippen molar-refractivity contribution in [3.63, 3.8) is 0 Å². The molecule has 6 heteroatoms. The molecule has 1 aliphatic heterocycles. The fourth-order valence-electron chi connectivity index (χ4n) is 4.48. The van der Waals surface area contributed by atoms with Crippen LogP contribution in [0.5, 0.6) is 0 Å². The smallest absolute Gasteiger partial charge is 0.397 e. The topological polar surface area (TPSA) is 57.1 Å². The Morgan fingerprint density at radius 2 is 1.03 bits per heavy atom. The van der Waals surface area contributed by atoms with Gasteiger partial charge >= 0.3 is 7.12 Å². The Kier molecular flexibility index (Phi) is 5.66. The van der Waals surface area contributed by atoms with Crippen molar-refractivity contribution in [2.75, 3.05) is 0 Å². The van der Waals surface area contributed by atoms with E-state index in [9.17, 15) is 0 Å². The number of hydrogen-bond donors (Lipinski definition) is 0. The Bertz CT molecular complexity index is 1570. The molecule has 0 bridgehead atoms. The number of nitrogens with zero attached hydrogens (tertiary/aromatic N) is 3. The van der Waals surface area contributed by atoms with Crippen molar-refractivity contribution in [3.05, 3.63) is 97.1 Å². The SMILES string of the molecule is CC1(C)OB(c2nc(-c3ccc(-c4ccccc4)cc3)nc(-c3ccc4ccccc4c3)n2)OC1(C)C. The molecule has 0 atom stereocenters. The van der Waals surface area contributed by atoms with Gasteiger partial charge in [0, 0.05) is 11.1 Å². The molecule has 182 valence electrons. The summed E-state index contributed by atoms with van der Waals surface area (Å²) in [5.74, 6) is 1.18. The zero-order chi connectivity index (χ0) is 25.6. The van der Waals surface area contributed by atoms with Crippen molar-refractivity contribution in [1.82, 2.24) is 15.0 Å². The third-order valence-corrected chi connectivity index (χ3v) is 7.37. The minimum Gasteiger partial charge on any atom is -0.397 e. The predicted octanol–water partition coefficient (Wildman–Crippen LogP) is 6.33. The van der Waals surface area contributed by atoms with Crippen molar-refractivity contribution >= 4 is 23.6 Å². The first-order valence-corrected chi connectivity index (χ1v) is 12.6. The highest BCUT2D eigenvalue weighted by atomic mass is 16.7. The molecule has 5 aromatic rings. The van der Waals surface area contributed by atoms with Crippen LogP contribution >= 0.6 is 0 Å². The van der Waals surface area contributed by atoms with Gasteiger partial charge in [0.05, 0.1) is 11.2 Å². The zero-order valence-electron chi connectivity index (χ0n) is 21.5. The van der Waals surface area contributed by atoms with Crippen LogP contribution in [-0.4, -0.2) is 33.3 Å². The normalized spacial score (nSPS) is 16.3. The Labute approximate surface area is 217 Å². The largest absolute Gasteiger partial charge is 0.534 e. The van der Waals surface area contributed by atoms with Gasteiger partial charge in [0.2, 0.25) is 0 Å². The van der Waals surface area contributed by atoms with Gasteiger partial charge in [-0.05, 0) is 55.7 Å². The Balaban J connectivity index is 1.45. The highest BCUT2D eigenvalue weighted by Crippen LogP contribution is 2.36. The quantitative estimate of drug-likeness (QED) is 0.279. The van der Waals surface area contributed by atoms with E-state index < -0.39 is 18.3 Å². The minimum atomic E-state index is -0.686. The van der Waals surface area contributed by atoms with Crippen LogP contribution in [-0.2, 0) is 9.31 Å². The molecule has 0 saturated carbocycles. The molecule has 1 fully saturated rings. The molecule has 4 aromatic carbocycles. The van der Waals surface area contributed by atoms with Crippen molar-refractivity contribution in [2.45, 2.75) is 38.9 Å². The van der Waals surface area contributed by atoms with Gasteiger partial charge in [-0.1, -0.05) is 91.0 Å². The summed E-state index contributed by atoms with van der Waals surface area (Å²) >= 11 is 0. The Morgan fingerprint density at radius 3 is 1.70 bits per heavy atom. The van der Waals surface area contributed by atoms with Crippen molar-refractivity contribution in [2.24, 2.45) is 0 Å². The maximum Gasteiger partial charge on any atom is 0.534 e. The van der Waals surface area contributed by atoms with Crippen LogP contribution in [0.3, 0.4) is 0 Å². The first-order chi connectivity index (χ1) is 17.8. The second kappa shape index (κ2) is 8.91. The van der Waals surface area contributed by atoms with Gasteiger partial charge in [0.25, 0.3) is 0 Å². The van der Waals surface area contributed by atoms with E-state index in [4.69, 9.17) is 24.3 Å². The maximum absolute atomic E-state index is 6.30. The van der Waals surface area contributed by atoms with Gasteiger partial charge in [-0.3, -0.25) is 0 Å². The summed E-state index contributed by atoms with van der Waals surface area (Å²) in [7, 11) is -0.686. The van der Waals surface area contributed by atoms with Crippen molar-refractivity contribution < 1.29 is 9.31 Å². The zero-order valence-corrected chi connectivity index (χ0v) is 21.5. The van der Waals surface area contributed by atoms with Crippen molar-refractivity contribution in [3.8, 4) is 33.9 Å². The molecule has 37 heavy (non-hydrogen) atoms. The third-order valence-electron chi connectivity index (χ3n) is 7.37. The fraction of sp³-hybridized carbons (Fsp3) is 0.194. The monoisotopic (exact) mass is 485 g/mol. The lowest BCUT2D eigenvalue weighted by Gasteiger charge is -2.32. The van der Waals surface area contributed by atoms with Crippen LogP contribution in [0.15, 0.2) is 97.1 Å². The minimum absolute atomic E-state index is 0.471. The van der Waals surface area contributed by atoms with E-state index in [1.54, 1.807) is 0 Å². The number of hydrogen-bond acceptors (Lipinski definition) is 5. The number of benzene rings is 4. The van der Waals surface area contributed by atoms with Gasteiger partial charge in [0.15, 0.2) is 17.4 Å². The maximum atomic E-state index is 6.30. The predicted molar refractivity (Wildman–Crippen MR) is 149 cm³/mol. The molecule has 1 aromatic heterocycles. The summed E-state index contributed by atoms with van der Waals surface area (Å²) in [4.78, 5) is 14.6. The molecule has 0 unspecified atom stereocenters. The summed E-state index contributed by atoms with van der Waals surface area (Å²) < 4.78 is 12.6. The van der Waals surface area contributed by atoms with Gasteiger partial charge in [-0.2, -0.15) is 0 Å². The van der Waals surface area contributed by atoms with Crippen LogP contribution in [0.1, 0.15) is 27.7 Å². The average Bonchev–Trinajstić information content (AvgIpc) is 3.15. The average molecular weight is 485 g/mol. The summed E-state index contributed by atoms with van der Waals surface area (Å²) in [5, 5.41) is 2.30. The molecular formula is C31H28BN3O2. The molecule has 0 N–H and O–H groups in total. The lowest BCUT2D eigenvalue weighted by Crippen LogP contribution is -2.41. The molecule has 1 saturated heterocycles. The van der Waals surface area contributed by atoms with E-state index in [0.29, 0.717) is 17.4 Å². The standard InChI is InChI=1S/C31H28BN3O2/c1-30(2)31(3,4)37-32(36-30)29-34-27(24-17-14-23(15-18-24)21-10-6-5-7-11-21)33-28(35-29)26-19-16-22-12-8-9-13-25(22)20-26/h5-20H,1-4H3. The van der Waals surface area contributed by atoms with Gasteiger partial charge in [-0.15, -0.1) is 0 Å². The summed E-state index contributed by atoms with van der Waals surface area (Å²) in [5.41, 5.74) is 3.61. The number of rotatable bonds is 4. The summed E-state index contributed by atoms with van der Waals surface area (Å²) in [6.07, 6.45) is 0. The van der Waals surface area contributed by atoms with E-state index in [1.807, 2.05) is 64.1 Å². The summed E-state index contributed by atoms with van der Waals surface area (Å²) in [6, 6.07) is 33.1. The molecule has 2 heterocycles. The molecule has 0 radical (unpaired) electrons. The third kappa shape index (κ3) is 4.43. The van der Waals surface area contributed by atoms with Gasteiger partial charge in [0.1, 0.15) is 0 Å². The number of fused-ring (bicyclic) bond motifs is 1. The second-order valence-electron chi connectivity index (χ2n) is 10.4. The van der Waals surface area contributed by atoms with Crippen LogP contribution in [0.25, 0.3) is 44.7 Å². The molecule has 1 aliphatic rings. The highest BCUT2D eigenvalue weighted by Gasteiger charge is 2.53. The fourth-order valence-corrected chi connectivity index (χ4v) is 4.48. The van der Waals surface area contributed by atoms with E-state index >= 15 is 0 Å². The van der Waals surface area contributed by atoms with Gasteiger partial charge in [-0.25, -0.2) is 15.0 Å². The van der Waals surface area contributed by atoms with Crippen LogP contribution in [0.2, 0.25) is 0 Å². The first kappa shape index (κ1) is 23.5.